The third-order valence-electron chi connectivity index (χ3n) is 4.95. The lowest BCUT2D eigenvalue weighted by Crippen LogP contribution is -2.55. The minimum Gasteiger partial charge on any atom is -0.465 e. The van der Waals surface area contributed by atoms with Crippen LogP contribution in [0.25, 0.3) is 0 Å². The monoisotopic (exact) mass is 342 g/mol. The number of nitrogens with zero attached hydrogens (tertiary/aromatic N) is 4. The molecule has 8 nitrogen and oxygen atoms in total. The molecule has 2 aliphatic heterocycles. The Kier molecular flexibility index (Phi) is 3.74. The molecule has 1 amide bonds. The van der Waals surface area contributed by atoms with Crippen LogP contribution < -0.4 is 10.2 Å². The highest BCUT2D eigenvalue weighted by Crippen LogP contribution is 2.33. The van der Waals surface area contributed by atoms with Gasteiger partial charge in [0.2, 0.25) is 0 Å². The predicted molar refractivity (Wildman–Crippen MR) is 94.5 cm³/mol. The van der Waals surface area contributed by atoms with E-state index in [1.54, 1.807) is 4.90 Å². The van der Waals surface area contributed by atoms with E-state index in [1.807, 2.05) is 26.0 Å². The van der Waals surface area contributed by atoms with E-state index in [4.69, 9.17) is 4.98 Å². The van der Waals surface area contributed by atoms with Crippen molar-refractivity contribution < 1.29 is 9.90 Å². The number of hydrogen-bond donors (Lipinski definition) is 3. The smallest absolute Gasteiger partial charge is 0.407 e. The largest absolute Gasteiger partial charge is 0.465 e. The van der Waals surface area contributed by atoms with E-state index in [9.17, 15) is 9.90 Å². The number of rotatable bonds is 3. The van der Waals surface area contributed by atoms with Gasteiger partial charge < -0.3 is 15.3 Å². The molecule has 25 heavy (non-hydrogen) atoms. The molecule has 4 rings (SSSR count). The van der Waals surface area contributed by atoms with Gasteiger partial charge in [-0.05, 0) is 44.4 Å². The number of aromatic nitrogens is 3. The van der Waals surface area contributed by atoms with Gasteiger partial charge in [-0.2, -0.15) is 5.10 Å². The van der Waals surface area contributed by atoms with Crippen LogP contribution in [0.15, 0.2) is 18.2 Å². The molecule has 2 fully saturated rings. The Morgan fingerprint density at radius 2 is 1.92 bits per heavy atom. The molecule has 0 aliphatic carbocycles. The van der Waals surface area contributed by atoms with E-state index in [1.165, 1.54) is 0 Å². The minimum absolute atomic E-state index is 0.0592. The maximum atomic E-state index is 11.4. The van der Waals surface area contributed by atoms with Gasteiger partial charge in [-0.1, -0.05) is 0 Å². The van der Waals surface area contributed by atoms with Gasteiger partial charge in [-0.25, -0.2) is 9.78 Å². The number of amides is 1. The molecule has 3 N–H and O–H groups in total. The highest BCUT2D eigenvalue weighted by atomic mass is 16.4. The van der Waals surface area contributed by atoms with Crippen molar-refractivity contribution in [2.75, 3.05) is 23.3 Å². The number of pyridine rings is 1. The summed E-state index contributed by atoms with van der Waals surface area (Å²) in [6.45, 7) is 5.37. The van der Waals surface area contributed by atoms with Crippen molar-refractivity contribution in [3.8, 4) is 0 Å². The lowest BCUT2D eigenvalue weighted by molar-refractivity contribution is 0.114. The fourth-order valence-electron chi connectivity index (χ4n) is 3.89. The summed E-state index contributed by atoms with van der Waals surface area (Å²) in [6, 6.07) is 6.08. The van der Waals surface area contributed by atoms with Crippen LogP contribution in [0.1, 0.15) is 24.1 Å². The lowest BCUT2D eigenvalue weighted by Gasteiger charge is -2.40. The average molecular weight is 342 g/mol. The molecule has 0 spiro atoms. The second-order valence-electron chi connectivity index (χ2n) is 6.93. The molecule has 132 valence electrons. The Labute approximate surface area is 145 Å². The fourth-order valence-corrected chi connectivity index (χ4v) is 3.89. The minimum atomic E-state index is -0.805. The first kappa shape index (κ1) is 15.7. The number of carboxylic acid groups (broad SMARTS) is 1. The topological polar surface area (TPSA) is 97.4 Å². The maximum Gasteiger partial charge on any atom is 0.407 e. The van der Waals surface area contributed by atoms with Gasteiger partial charge >= 0.3 is 6.09 Å². The van der Waals surface area contributed by atoms with Gasteiger partial charge in [0.15, 0.2) is 5.82 Å². The third kappa shape index (κ3) is 2.99. The Bertz CT molecular complexity index is 790. The Hall–Kier alpha value is -2.77. The van der Waals surface area contributed by atoms with Crippen LogP contribution in [0.3, 0.4) is 0 Å². The molecule has 2 bridgehead atoms. The molecule has 2 unspecified atom stereocenters. The van der Waals surface area contributed by atoms with Crippen LogP contribution in [0.4, 0.5) is 22.2 Å². The summed E-state index contributed by atoms with van der Waals surface area (Å²) in [6.07, 6.45) is 1.05. The normalized spacial score (nSPS) is 22.3. The first-order valence-corrected chi connectivity index (χ1v) is 8.53. The summed E-state index contributed by atoms with van der Waals surface area (Å²) in [4.78, 5) is 20.0. The summed E-state index contributed by atoms with van der Waals surface area (Å²) in [5, 5.41) is 19.7. The van der Waals surface area contributed by atoms with Gasteiger partial charge in [-0.15, -0.1) is 0 Å². The molecule has 4 heterocycles. The molecule has 2 aliphatic rings. The van der Waals surface area contributed by atoms with Crippen LogP contribution in [-0.4, -0.2) is 56.5 Å². The lowest BCUT2D eigenvalue weighted by atomic mass is 10.2. The first-order chi connectivity index (χ1) is 12.0. The summed E-state index contributed by atoms with van der Waals surface area (Å²) in [5.74, 6) is 2.36. The van der Waals surface area contributed by atoms with Gasteiger partial charge in [0, 0.05) is 24.8 Å². The van der Waals surface area contributed by atoms with Crippen LogP contribution in [-0.2, 0) is 0 Å². The molecular formula is C17H22N6O2. The molecule has 2 aromatic heterocycles. The standard InChI is InChI=1S/C17H22N6O2/c1-10-5-14(18-15-7-11(2)20-21-15)19-16(6-10)22-8-12-3-4-13(9-22)23(12)17(24)25/h5-7,12-13H,3-4,8-9H2,1-2H3,(H,24,25)(H2,18,19,20,21). The number of anilines is 3. The highest BCUT2D eigenvalue weighted by Gasteiger charge is 2.43. The Balaban J connectivity index is 1.56. The molecular weight excluding hydrogens is 320 g/mol. The van der Waals surface area contributed by atoms with E-state index in [0.717, 1.165) is 41.6 Å². The average Bonchev–Trinajstić information content (AvgIpc) is 3.07. The van der Waals surface area contributed by atoms with Crippen molar-refractivity contribution in [2.45, 2.75) is 38.8 Å². The van der Waals surface area contributed by atoms with Gasteiger partial charge in [0.05, 0.1) is 12.1 Å². The molecule has 0 aromatic carbocycles. The number of H-pyrrole nitrogens is 1. The number of fused-ring (bicyclic) bond motifs is 2. The van der Waals surface area contributed by atoms with Gasteiger partial charge in [-0.3, -0.25) is 10.00 Å². The van der Waals surface area contributed by atoms with E-state index < -0.39 is 6.09 Å². The molecule has 0 saturated carbocycles. The van der Waals surface area contributed by atoms with Crippen LogP contribution in [0, 0.1) is 13.8 Å². The quantitative estimate of drug-likeness (QED) is 0.793. The van der Waals surface area contributed by atoms with Gasteiger partial charge in [0.25, 0.3) is 0 Å². The molecule has 2 aromatic rings. The zero-order valence-corrected chi connectivity index (χ0v) is 14.4. The molecule has 2 atom stereocenters. The van der Waals surface area contributed by atoms with Crippen molar-refractivity contribution in [1.29, 1.82) is 0 Å². The van der Waals surface area contributed by atoms with Crippen LogP contribution in [0.2, 0.25) is 0 Å². The number of hydrogen-bond acceptors (Lipinski definition) is 5. The second kappa shape index (κ2) is 5.94. The Morgan fingerprint density at radius 3 is 2.52 bits per heavy atom. The fraction of sp³-hybridized carbons (Fsp3) is 0.471. The van der Waals surface area contributed by atoms with Crippen molar-refractivity contribution in [3.05, 3.63) is 29.5 Å². The number of carbonyl (C=O) groups is 1. The third-order valence-corrected chi connectivity index (χ3v) is 4.95. The summed E-state index contributed by atoms with van der Waals surface area (Å²) in [5.41, 5.74) is 2.09. The van der Waals surface area contributed by atoms with E-state index in [2.05, 4.69) is 26.5 Å². The number of aryl methyl sites for hydroxylation is 2. The number of aromatic amines is 1. The predicted octanol–water partition coefficient (Wildman–Crippen LogP) is 2.50. The second-order valence-corrected chi connectivity index (χ2v) is 6.93. The van der Waals surface area contributed by atoms with Crippen LogP contribution in [0.5, 0.6) is 0 Å². The SMILES string of the molecule is Cc1cc(Nc2cc(C)[nH]n2)nc(N2CC3CCC(C2)N3C(=O)O)c1. The highest BCUT2D eigenvalue weighted by molar-refractivity contribution is 5.67. The summed E-state index contributed by atoms with van der Waals surface area (Å²) >= 11 is 0. The number of piperazine rings is 1. The van der Waals surface area contributed by atoms with Crippen molar-refractivity contribution >= 4 is 23.5 Å². The van der Waals surface area contributed by atoms with E-state index in [-0.39, 0.29) is 12.1 Å². The van der Waals surface area contributed by atoms with Crippen molar-refractivity contribution in [1.82, 2.24) is 20.1 Å². The summed E-state index contributed by atoms with van der Waals surface area (Å²) < 4.78 is 0. The van der Waals surface area contributed by atoms with Crippen LogP contribution >= 0.6 is 0 Å². The summed E-state index contributed by atoms with van der Waals surface area (Å²) in [7, 11) is 0. The molecule has 0 radical (unpaired) electrons. The van der Waals surface area contributed by atoms with E-state index in [0.29, 0.717) is 13.1 Å². The maximum absolute atomic E-state index is 11.4. The first-order valence-electron chi connectivity index (χ1n) is 8.53. The molecule has 2 saturated heterocycles. The van der Waals surface area contributed by atoms with E-state index >= 15 is 0 Å². The van der Waals surface area contributed by atoms with Crippen molar-refractivity contribution in [3.63, 3.8) is 0 Å². The Morgan fingerprint density at radius 1 is 1.20 bits per heavy atom. The zero-order valence-electron chi connectivity index (χ0n) is 14.4. The van der Waals surface area contributed by atoms with Gasteiger partial charge in [0.1, 0.15) is 11.6 Å². The van der Waals surface area contributed by atoms with Crippen molar-refractivity contribution in [2.24, 2.45) is 0 Å². The number of nitrogens with one attached hydrogen (secondary N) is 2. The molecule has 8 heteroatoms. The zero-order chi connectivity index (χ0) is 17.6.